The molecule has 1 saturated heterocycles. The van der Waals surface area contributed by atoms with Gasteiger partial charge in [-0.05, 0) is 12.0 Å². The molecule has 1 N–H and O–H groups in total. The highest BCUT2D eigenvalue weighted by molar-refractivity contribution is 5.90. The highest BCUT2D eigenvalue weighted by atomic mass is 16.2. The Morgan fingerprint density at radius 1 is 1.45 bits per heavy atom. The Morgan fingerprint density at radius 3 is 2.86 bits per heavy atom. The quantitative estimate of drug-likeness (QED) is 0.863. The minimum absolute atomic E-state index is 0.0342. The van der Waals surface area contributed by atoms with Crippen LogP contribution in [0.2, 0.25) is 0 Å². The summed E-state index contributed by atoms with van der Waals surface area (Å²) in [4.78, 5) is 36.4. The lowest BCUT2D eigenvalue weighted by Gasteiger charge is -2.30. The van der Waals surface area contributed by atoms with Crippen LogP contribution < -0.4 is 5.32 Å². The van der Waals surface area contributed by atoms with Gasteiger partial charge in [-0.2, -0.15) is 0 Å². The lowest BCUT2D eigenvalue weighted by Crippen LogP contribution is -2.47. The first kappa shape index (κ1) is 14.7. The number of fused-ring (bicyclic) bond motifs is 1. The summed E-state index contributed by atoms with van der Waals surface area (Å²) in [6, 6.07) is -0.648. The maximum Gasteiger partial charge on any atom is 0.317 e. The summed E-state index contributed by atoms with van der Waals surface area (Å²) in [6.45, 7) is 5.66. The van der Waals surface area contributed by atoms with Gasteiger partial charge in [0.15, 0.2) is 0 Å². The van der Waals surface area contributed by atoms with Crippen LogP contribution in [0.4, 0.5) is 4.79 Å². The molecule has 0 saturated carbocycles. The minimum atomic E-state index is -0.453. The third kappa shape index (κ3) is 2.63. The number of urea groups is 1. The number of rotatable bonds is 2. The van der Waals surface area contributed by atoms with Crippen molar-refractivity contribution in [3.8, 4) is 0 Å². The first-order valence-electron chi connectivity index (χ1n) is 7.61. The van der Waals surface area contributed by atoms with E-state index in [1.165, 1.54) is 4.90 Å². The largest absolute Gasteiger partial charge is 0.335 e. The summed E-state index contributed by atoms with van der Waals surface area (Å²) < 4.78 is 0. The Balaban J connectivity index is 1.74. The van der Waals surface area contributed by atoms with Gasteiger partial charge in [-0.3, -0.25) is 4.79 Å². The van der Waals surface area contributed by atoms with E-state index in [9.17, 15) is 9.59 Å². The average molecular weight is 303 g/mol. The molecule has 118 valence electrons. The van der Waals surface area contributed by atoms with Crippen LogP contribution in [0.3, 0.4) is 0 Å². The highest BCUT2D eigenvalue weighted by Crippen LogP contribution is 2.20. The van der Waals surface area contributed by atoms with Gasteiger partial charge in [-0.1, -0.05) is 13.8 Å². The Morgan fingerprint density at radius 2 is 2.23 bits per heavy atom. The maximum atomic E-state index is 12.6. The average Bonchev–Trinajstić information content (AvgIpc) is 2.84. The maximum absolute atomic E-state index is 12.6. The molecule has 0 bridgehead atoms. The first-order valence-corrected chi connectivity index (χ1v) is 7.61. The van der Waals surface area contributed by atoms with Crippen LogP contribution in [-0.2, 0) is 17.8 Å². The second kappa shape index (κ2) is 5.55. The molecule has 2 aliphatic rings. The molecule has 3 rings (SSSR count). The third-order valence-electron chi connectivity index (χ3n) is 4.19. The number of hydrogen-bond donors (Lipinski definition) is 1. The van der Waals surface area contributed by atoms with Gasteiger partial charge in [0, 0.05) is 25.7 Å². The van der Waals surface area contributed by atoms with Crippen LogP contribution in [0.1, 0.15) is 36.8 Å². The van der Waals surface area contributed by atoms with Crippen LogP contribution in [0, 0.1) is 0 Å². The molecular formula is C15H21N5O2. The van der Waals surface area contributed by atoms with Crippen molar-refractivity contribution in [2.75, 3.05) is 20.1 Å². The number of aromatic nitrogens is 2. The van der Waals surface area contributed by atoms with E-state index >= 15 is 0 Å². The number of amides is 3. The monoisotopic (exact) mass is 303 g/mol. The lowest BCUT2D eigenvalue weighted by molar-refractivity contribution is -0.133. The fourth-order valence-corrected chi connectivity index (χ4v) is 2.81. The van der Waals surface area contributed by atoms with Gasteiger partial charge in [-0.15, -0.1) is 0 Å². The summed E-state index contributed by atoms with van der Waals surface area (Å²) in [7, 11) is 1.69. The zero-order chi connectivity index (χ0) is 15.9. The van der Waals surface area contributed by atoms with Crippen molar-refractivity contribution in [1.82, 2.24) is 25.1 Å². The fraction of sp³-hybridized carbons (Fsp3) is 0.600. The van der Waals surface area contributed by atoms with E-state index in [0.717, 1.165) is 23.5 Å². The number of likely N-dealkylation sites (N-methyl/N-ethyl adjacent to an activating group) is 1. The molecule has 1 aromatic rings. The van der Waals surface area contributed by atoms with E-state index in [1.54, 1.807) is 11.9 Å². The predicted molar refractivity (Wildman–Crippen MR) is 80.2 cm³/mol. The van der Waals surface area contributed by atoms with Gasteiger partial charge < -0.3 is 15.1 Å². The van der Waals surface area contributed by atoms with Gasteiger partial charge in [0.05, 0.1) is 18.8 Å². The molecule has 2 aliphatic heterocycles. The van der Waals surface area contributed by atoms with Crippen molar-refractivity contribution in [1.29, 1.82) is 0 Å². The number of nitrogens with zero attached hydrogens (tertiary/aromatic N) is 4. The molecular weight excluding hydrogens is 282 g/mol. The van der Waals surface area contributed by atoms with Crippen molar-refractivity contribution in [3.63, 3.8) is 0 Å². The van der Waals surface area contributed by atoms with E-state index < -0.39 is 6.04 Å². The van der Waals surface area contributed by atoms with Crippen LogP contribution in [0.25, 0.3) is 0 Å². The molecule has 3 heterocycles. The summed E-state index contributed by atoms with van der Waals surface area (Å²) in [5, 5.41) is 2.72. The Labute approximate surface area is 129 Å². The molecule has 7 nitrogen and oxygen atoms in total. The molecule has 1 unspecified atom stereocenters. The van der Waals surface area contributed by atoms with E-state index in [2.05, 4.69) is 29.1 Å². The molecule has 1 aromatic heterocycles. The van der Waals surface area contributed by atoms with Crippen LogP contribution >= 0.6 is 0 Å². The highest BCUT2D eigenvalue weighted by Gasteiger charge is 2.35. The molecule has 1 fully saturated rings. The molecule has 0 spiro atoms. The fourth-order valence-electron chi connectivity index (χ4n) is 2.81. The van der Waals surface area contributed by atoms with E-state index in [4.69, 9.17) is 0 Å². The Hall–Kier alpha value is -2.18. The third-order valence-corrected chi connectivity index (χ3v) is 4.19. The Kier molecular flexibility index (Phi) is 3.72. The van der Waals surface area contributed by atoms with Crippen LogP contribution in [0.5, 0.6) is 0 Å². The van der Waals surface area contributed by atoms with Crippen molar-refractivity contribution >= 4 is 11.9 Å². The van der Waals surface area contributed by atoms with Crippen molar-refractivity contribution in [3.05, 3.63) is 23.3 Å². The zero-order valence-corrected chi connectivity index (χ0v) is 13.2. The van der Waals surface area contributed by atoms with E-state index in [-0.39, 0.29) is 17.9 Å². The number of carbonyl (C=O) groups excluding carboxylic acids is 2. The van der Waals surface area contributed by atoms with E-state index in [1.807, 2.05) is 6.20 Å². The first-order chi connectivity index (χ1) is 10.5. The second-order valence-corrected chi connectivity index (χ2v) is 6.25. The molecule has 0 aromatic carbocycles. The molecule has 0 aliphatic carbocycles. The molecule has 7 heteroatoms. The SMILES string of the molecule is CC(C)c1ncc2c(n1)CN(C(=O)C1CN(C)C(=O)N1)CC2. The smallest absolute Gasteiger partial charge is 0.317 e. The van der Waals surface area contributed by atoms with Gasteiger partial charge in [-0.25, -0.2) is 14.8 Å². The Bertz CT molecular complexity index is 616. The molecule has 22 heavy (non-hydrogen) atoms. The van der Waals surface area contributed by atoms with Gasteiger partial charge in [0.25, 0.3) is 0 Å². The van der Waals surface area contributed by atoms with Gasteiger partial charge in [0.2, 0.25) is 5.91 Å². The van der Waals surface area contributed by atoms with Gasteiger partial charge >= 0.3 is 6.03 Å². The van der Waals surface area contributed by atoms with Crippen molar-refractivity contribution in [2.45, 2.75) is 38.8 Å². The van der Waals surface area contributed by atoms with Crippen LogP contribution in [-0.4, -0.2) is 57.9 Å². The number of nitrogens with one attached hydrogen (secondary N) is 1. The summed E-state index contributed by atoms with van der Waals surface area (Å²) in [5.41, 5.74) is 2.04. The lowest BCUT2D eigenvalue weighted by atomic mass is 10.0. The van der Waals surface area contributed by atoms with Crippen molar-refractivity contribution < 1.29 is 9.59 Å². The number of carbonyl (C=O) groups is 2. The normalized spacial score (nSPS) is 21.1. The number of hydrogen-bond acceptors (Lipinski definition) is 4. The summed E-state index contributed by atoms with van der Waals surface area (Å²) in [6.07, 6.45) is 2.64. The summed E-state index contributed by atoms with van der Waals surface area (Å²) in [5.74, 6) is 1.04. The molecule has 3 amide bonds. The van der Waals surface area contributed by atoms with Crippen LogP contribution in [0.15, 0.2) is 6.20 Å². The standard InChI is InChI=1S/C15H21N5O2/c1-9(2)13-16-6-10-4-5-20(8-11(10)17-13)14(21)12-7-19(3)15(22)18-12/h6,9,12H,4-5,7-8H2,1-3H3,(H,18,22). The van der Waals surface area contributed by atoms with Gasteiger partial charge in [0.1, 0.15) is 11.9 Å². The minimum Gasteiger partial charge on any atom is -0.335 e. The summed E-state index contributed by atoms with van der Waals surface area (Å²) >= 11 is 0. The van der Waals surface area contributed by atoms with Crippen molar-refractivity contribution in [2.24, 2.45) is 0 Å². The topological polar surface area (TPSA) is 78.4 Å². The van der Waals surface area contributed by atoms with E-state index in [0.29, 0.717) is 19.6 Å². The molecule has 0 radical (unpaired) electrons. The zero-order valence-electron chi connectivity index (χ0n) is 13.2. The molecule has 1 atom stereocenters. The predicted octanol–water partition coefficient (Wildman–Crippen LogP) is 0.508. The second-order valence-electron chi connectivity index (χ2n) is 6.25.